The van der Waals surface area contributed by atoms with Crippen molar-refractivity contribution < 1.29 is 14.3 Å². The number of carbonyl (C=O) groups is 2. The van der Waals surface area contributed by atoms with Gasteiger partial charge >= 0.3 is 5.97 Å². The molecule has 0 aromatic heterocycles. The van der Waals surface area contributed by atoms with E-state index < -0.39 is 6.04 Å². The SMILES string of the molecule is COC(=O)C(C)NC(=O)C12CC3CC(CC(Br)(C3)C1)C2. The van der Waals surface area contributed by atoms with Crippen molar-refractivity contribution in [1.82, 2.24) is 5.32 Å². The quantitative estimate of drug-likeness (QED) is 0.632. The Hall–Kier alpha value is -0.580. The molecule has 4 aliphatic carbocycles. The van der Waals surface area contributed by atoms with Crippen molar-refractivity contribution in [2.45, 2.75) is 55.8 Å². The maximum absolute atomic E-state index is 12.7. The van der Waals surface area contributed by atoms with Gasteiger partial charge in [-0.3, -0.25) is 4.79 Å². The van der Waals surface area contributed by atoms with Crippen molar-refractivity contribution in [3.63, 3.8) is 0 Å². The summed E-state index contributed by atoms with van der Waals surface area (Å²) in [5, 5.41) is 2.87. The maximum atomic E-state index is 12.7. The van der Waals surface area contributed by atoms with Gasteiger partial charge in [0, 0.05) is 4.32 Å². The van der Waals surface area contributed by atoms with Gasteiger partial charge in [-0.05, 0) is 57.3 Å². The predicted molar refractivity (Wildman–Crippen MR) is 78.4 cm³/mol. The van der Waals surface area contributed by atoms with E-state index in [1.165, 1.54) is 26.4 Å². The van der Waals surface area contributed by atoms with Gasteiger partial charge in [-0.1, -0.05) is 15.9 Å². The second-order valence-corrected chi connectivity index (χ2v) is 8.79. The first-order chi connectivity index (χ1) is 9.36. The number of nitrogens with one attached hydrogen (secondary N) is 1. The molecule has 5 heteroatoms. The lowest BCUT2D eigenvalue weighted by Crippen LogP contribution is -2.59. The van der Waals surface area contributed by atoms with Crippen molar-refractivity contribution in [1.29, 1.82) is 0 Å². The minimum absolute atomic E-state index is 0.0494. The first-order valence-corrected chi connectivity index (χ1v) is 8.23. The minimum Gasteiger partial charge on any atom is -0.467 e. The molecule has 4 fully saturated rings. The van der Waals surface area contributed by atoms with E-state index in [2.05, 4.69) is 26.0 Å². The Morgan fingerprint density at radius 3 is 2.35 bits per heavy atom. The fourth-order valence-corrected chi connectivity index (χ4v) is 6.45. The molecule has 0 heterocycles. The maximum Gasteiger partial charge on any atom is 0.328 e. The fourth-order valence-electron chi connectivity index (χ4n) is 5.00. The van der Waals surface area contributed by atoms with Crippen LogP contribution in [0.5, 0.6) is 0 Å². The largest absolute Gasteiger partial charge is 0.467 e. The van der Waals surface area contributed by atoms with Crippen molar-refractivity contribution in [3.05, 3.63) is 0 Å². The first kappa shape index (κ1) is 14.4. The highest BCUT2D eigenvalue weighted by molar-refractivity contribution is 9.10. The van der Waals surface area contributed by atoms with Crippen molar-refractivity contribution >= 4 is 27.8 Å². The van der Waals surface area contributed by atoms with E-state index in [0.717, 1.165) is 19.3 Å². The highest BCUT2D eigenvalue weighted by Gasteiger charge is 2.59. The zero-order valence-electron chi connectivity index (χ0n) is 12.1. The minimum atomic E-state index is -0.563. The molecule has 3 atom stereocenters. The van der Waals surface area contributed by atoms with Crippen LogP contribution in [0.25, 0.3) is 0 Å². The monoisotopic (exact) mass is 343 g/mol. The molecule has 4 bridgehead atoms. The summed E-state index contributed by atoms with van der Waals surface area (Å²) in [6.07, 6.45) is 6.55. The lowest BCUT2D eigenvalue weighted by Gasteiger charge is -2.59. The number of hydrogen-bond donors (Lipinski definition) is 1. The summed E-state index contributed by atoms with van der Waals surface area (Å²) in [7, 11) is 1.35. The number of amides is 1. The zero-order valence-corrected chi connectivity index (χ0v) is 13.7. The van der Waals surface area contributed by atoms with E-state index in [1.54, 1.807) is 6.92 Å². The molecule has 4 nitrogen and oxygen atoms in total. The Balaban J connectivity index is 1.76. The van der Waals surface area contributed by atoms with E-state index in [1.807, 2.05) is 0 Å². The third-order valence-electron chi connectivity index (χ3n) is 5.37. The predicted octanol–water partition coefficient (Wildman–Crippen LogP) is 2.40. The van der Waals surface area contributed by atoms with Crippen LogP contribution in [0.3, 0.4) is 0 Å². The Morgan fingerprint density at radius 2 is 1.85 bits per heavy atom. The van der Waals surface area contributed by atoms with Gasteiger partial charge in [0.05, 0.1) is 12.5 Å². The molecule has 0 saturated heterocycles. The first-order valence-electron chi connectivity index (χ1n) is 7.44. The number of alkyl halides is 1. The van der Waals surface area contributed by atoms with E-state index in [9.17, 15) is 9.59 Å². The van der Waals surface area contributed by atoms with Crippen LogP contribution in [0, 0.1) is 17.3 Å². The Bertz CT molecular complexity index is 436. The fraction of sp³-hybridized carbons (Fsp3) is 0.867. The van der Waals surface area contributed by atoms with E-state index in [4.69, 9.17) is 0 Å². The summed E-state index contributed by atoms with van der Waals surface area (Å²) in [5.41, 5.74) is -0.268. The average Bonchev–Trinajstić information content (AvgIpc) is 2.34. The van der Waals surface area contributed by atoms with Gasteiger partial charge in [-0.2, -0.15) is 0 Å². The Morgan fingerprint density at radius 1 is 1.25 bits per heavy atom. The van der Waals surface area contributed by atoms with Gasteiger partial charge in [-0.15, -0.1) is 0 Å². The number of rotatable bonds is 3. The molecular formula is C15H22BrNO3. The number of carbonyl (C=O) groups excluding carboxylic acids is 2. The van der Waals surface area contributed by atoms with Gasteiger partial charge in [-0.25, -0.2) is 4.79 Å². The van der Waals surface area contributed by atoms with Gasteiger partial charge < -0.3 is 10.1 Å². The molecular weight excluding hydrogens is 322 g/mol. The van der Waals surface area contributed by atoms with Gasteiger partial charge in [0.25, 0.3) is 0 Å². The number of ether oxygens (including phenoxy) is 1. The number of esters is 1. The van der Waals surface area contributed by atoms with Crippen LogP contribution in [0.15, 0.2) is 0 Å². The van der Waals surface area contributed by atoms with Gasteiger partial charge in [0.1, 0.15) is 6.04 Å². The molecule has 1 N–H and O–H groups in total. The lowest BCUT2D eigenvalue weighted by molar-refractivity contribution is -0.151. The molecule has 112 valence electrons. The van der Waals surface area contributed by atoms with Crippen molar-refractivity contribution in [2.24, 2.45) is 17.3 Å². The molecule has 3 unspecified atom stereocenters. The summed E-state index contributed by atoms with van der Waals surface area (Å²) in [4.78, 5) is 24.2. The van der Waals surface area contributed by atoms with Crippen LogP contribution in [-0.2, 0) is 14.3 Å². The number of halogens is 1. The number of hydrogen-bond acceptors (Lipinski definition) is 3. The second kappa shape index (κ2) is 4.72. The van der Waals surface area contributed by atoms with Crippen LogP contribution in [0.1, 0.15) is 45.4 Å². The Labute approximate surface area is 128 Å². The molecule has 4 rings (SSSR count). The van der Waals surface area contributed by atoms with Crippen molar-refractivity contribution in [3.8, 4) is 0 Å². The molecule has 0 spiro atoms. The molecule has 0 radical (unpaired) electrons. The average molecular weight is 344 g/mol. The van der Waals surface area contributed by atoms with Crippen LogP contribution in [0.2, 0.25) is 0 Å². The molecule has 1 amide bonds. The summed E-state index contributed by atoms with van der Waals surface area (Å²) in [6.45, 7) is 1.69. The standard InChI is InChI=1S/C15H22BrNO3/c1-9(12(18)20-2)17-13(19)14-4-10-3-11(5-14)7-15(16,6-10)8-14/h9-11H,3-8H2,1-2H3,(H,17,19). The lowest BCUT2D eigenvalue weighted by atomic mass is 9.49. The highest BCUT2D eigenvalue weighted by Crippen LogP contribution is 2.64. The molecule has 0 aromatic carbocycles. The molecule has 0 aromatic rings. The molecule has 0 aliphatic heterocycles. The summed E-state index contributed by atoms with van der Waals surface area (Å²) >= 11 is 3.90. The van der Waals surface area contributed by atoms with Crippen LogP contribution in [-0.4, -0.2) is 29.4 Å². The zero-order chi connectivity index (χ0) is 14.5. The van der Waals surface area contributed by atoms with Gasteiger partial charge in [0.2, 0.25) is 5.91 Å². The third kappa shape index (κ3) is 2.28. The smallest absolute Gasteiger partial charge is 0.328 e. The Kier molecular flexibility index (Phi) is 3.39. The highest BCUT2D eigenvalue weighted by atomic mass is 79.9. The summed E-state index contributed by atoms with van der Waals surface area (Å²) in [6, 6.07) is -0.563. The third-order valence-corrected chi connectivity index (χ3v) is 6.30. The number of methoxy groups -OCH3 is 1. The molecule has 20 heavy (non-hydrogen) atoms. The molecule has 4 aliphatic rings. The van der Waals surface area contributed by atoms with E-state index in [0.29, 0.717) is 11.8 Å². The van der Waals surface area contributed by atoms with E-state index in [-0.39, 0.29) is 21.6 Å². The topological polar surface area (TPSA) is 55.4 Å². The second-order valence-electron chi connectivity index (χ2n) is 7.11. The normalized spacial score (nSPS) is 43.1. The molecule has 4 saturated carbocycles. The van der Waals surface area contributed by atoms with Crippen LogP contribution >= 0.6 is 15.9 Å². The van der Waals surface area contributed by atoms with Crippen molar-refractivity contribution in [2.75, 3.05) is 7.11 Å². The van der Waals surface area contributed by atoms with Crippen LogP contribution in [0.4, 0.5) is 0 Å². The summed E-state index contributed by atoms with van der Waals surface area (Å²) < 4.78 is 4.84. The van der Waals surface area contributed by atoms with Crippen LogP contribution < -0.4 is 5.32 Å². The van der Waals surface area contributed by atoms with Gasteiger partial charge in [0.15, 0.2) is 0 Å². The summed E-state index contributed by atoms with van der Waals surface area (Å²) in [5.74, 6) is 0.995. The van der Waals surface area contributed by atoms with E-state index >= 15 is 0 Å².